The molecule has 0 aliphatic carbocycles. The number of hydrogen-bond acceptors (Lipinski definition) is 7. The van der Waals surface area contributed by atoms with Crippen molar-refractivity contribution >= 4 is 44.1 Å². The molecule has 6 rings (SSSR count). The van der Waals surface area contributed by atoms with E-state index >= 15 is 0 Å². The average Bonchev–Trinajstić information content (AvgIpc) is 2.97. The van der Waals surface area contributed by atoms with E-state index in [-0.39, 0.29) is 0 Å². The number of benzene rings is 6. The molecular weight excluding hydrogens is 502 g/mol. The Balaban J connectivity index is 1.46. The fourth-order valence-electron chi connectivity index (χ4n) is 4.80. The van der Waals surface area contributed by atoms with Gasteiger partial charge in [-0.05, 0) is 98.5 Å². The fraction of sp³-hybridized carbons (Fsp3) is 0. The van der Waals surface area contributed by atoms with Crippen molar-refractivity contribution in [3.8, 4) is 46.6 Å². The summed E-state index contributed by atoms with van der Waals surface area (Å²) in [6.45, 7) is 0. The quantitative estimate of drug-likeness (QED) is 0.125. The van der Waals surface area contributed by atoms with Gasteiger partial charge < -0.3 is 14.2 Å². The molecule has 0 saturated heterocycles. The number of carbonyl (C=O) groups excluding carboxylic acids is 1. The molecular formula is C33H17N3O4. The van der Waals surface area contributed by atoms with Crippen molar-refractivity contribution in [3.05, 3.63) is 103 Å². The highest BCUT2D eigenvalue weighted by atomic mass is 16.5. The lowest BCUT2D eigenvalue weighted by Crippen LogP contribution is -1.91. The summed E-state index contributed by atoms with van der Waals surface area (Å²) in [5, 5.41) is 23.7. The first-order valence-electron chi connectivity index (χ1n) is 12.2. The molecule has 0 bridgehead atoms. The number of nitriles is 2. The smallest absolute Gasteiger partial charge is 0.292 e. The van der Waals surface area contributed by atoms with Gasteiger partial charge in [-0.15, -0.1) is 10.5 Å². The predicted octanol–water partition coefficient (Wildman–Crippen LogP) is 8.29. The topological polar surface area (TPSA) is 105 Å². The fourth-order valence-corrected chi connectivity index (χ4v) is 4.80. The molecule has 0 amide bonds. The van der Waals surface area contributed by atoms with Crippen LogP contribution in [-0.4, -0.2) is 6.08 Å². The summed E-state index contributed by atoms with van der Waals surface area (Å²) in [6, 6.07) is 31.8. The van der Waals surface area contributed by atoms with Crippen LogP contribution in [0.3, 0.4) is 0 Å². The molecule has 0 N–H and O–H groups in total. The Labute approximate surface area is 228 Å². The van der Waals surface area contributed by atoms with E-state index in [1.807, 2.05) is 72.8 Å². The van der Waals surface area contributed by atoms with E-state index < -0.39 is 0 Å². The second-order valence-electron chi connectivity index (χ2n) is 8.93. The van der Waals surface area contributed by atoms with Crippen molar-refractivity contribution in [2.75, 3.05) is 0 Å². The van der Waals surface area contributed by atoms with Gasteiger partial charge in [0, 0.05) is 5.56 Å². The molecule has 0 aromatic heterocycles. The Morgan fingerprint density at radius 2 is 1.20 bits per heavy atom. The molecule has 7 nitrogen and oxygen atoms in total. The second kappa shape index (κ2) is 10.3. The average molecular weight is 520 g/mol. The van der Waals surface area contributed by atoms with E-state index in [0.29, 0.717) is 28.7 Å². The van der Waals surface area contributed by atoms with E-state index in [2.05, 4.69) is 4.99 Å². The van der Waals surface area contributed by atoms with Crippen molar-refractivity contribution in [2.24, 2.45) is 4.99 Å². The van der Waals surface area contributed by atoms with Crippen molar-refractivity contribution in [1.82, 2.24) is 0 Å². The van der Waals surface area contributed by atoms with Gasteiger partial charge in [-0.1, -0.05) is 42.5 Å². The zero-order chi connectivity index (χ0) is 27.5. The van der Waals surface area contributed by atoms with Crippen LogP contribution in [-0.2, 0) is 4.79 Å². The second-order valence-corrected chi connectivity index (χ2v) is 8.93. The number of fused-ring (bicyclic) bond motifs is 3. The van der Waals surface area contributed by atoms with Gasteiger partial charge in [-0.2, -0.15) is 4.99 Å². The standard InChI is InChI=1S/C33H17N3O4/c34-18-38-28-9-4-21-1-2-24(13-25(21)15-28)33-31-17-30(11-6-23(31)7-12-32(33)39-19-35)40-29-10-5-22-3-8-27(36-20-37)14-26(22)16-29/h1-17H. The lowest BCUT2D eigenvalue weighted by atomic mass is 9.95. The maximum atomic E-state index is 10.7. The molecule has 0 aliphatic heterocycles. The number of isocyanates is 1. The molecule has 188 valence electrons. The lowest BCUT2D eigenvalue weighted by Gasteiger charge is -2.14. The summed E-state index contributed by atoms with van der Waals surface area (Å²) >= 11 is 0. The molecule has 40 heavy (non-hydrogen) atoms. The largest absolute Gasteiger partial charge is 0.457 e. The van der Waals surface area contributed by atoms with Crippen molar-refractivity contribution in [1.29, 1.82) is 10.5 Å². The van der Waals surface area contributed by atoms with Crippen LogP contribution in [0.15, 0.2) is 108 Å². The maximum absolute atomic E-state index is 10.7. The summed E-state index contributed by atoms with van der Waals surface area (Å²) in [6.07, 6.45) is 5.05. The zero-order valence-corrected chi connectivity index (χ0v) is 20.8. The summed E-state index contributed by atoms with van der Waals surface area (Å²) in [5.74, 6) is 2.05. The Kier molecular flexibility index (Phi) is 6.24. The molecule has 0 atom stereocenters. The maximum Gasteiger partial charge on any atom is 0.292 e. The molecule has 7 heteroatoms. The molecule has 0 heterocycles. The van der Waals surface area contributed by atoms with Crippen LogP contribution in [0.4, 0.5) is 5.69 Å². The summed E-state index contributed by atoms with van der Waals surface area (Å²) in [4.78, 5) is 14.4. The van der Waals surface area contributed by atoms with E-state index in [1.54, 1.807) is 48.9 Å². The molecule has 0 radical (unpaired) electrons. The van der Waals surface area contributed by atoms with E-state index in [0.717, 1.165) is 43.4 Å². The normalized spacial score (nSPS) is 10.4. The number of hydrogen-bond donors (Lipinski definition) is 0. The minimum absolute atomic E-state index is 0.407. The third-order valence-corrected chi connectivity index (χ3v) is 6.58. The van der Waals surface area contributed by atoms with Crippen LogP contribution >= 0.6 is 0 Å². The number of nitrogens with zero attached hydrogens (tertiary/aromatic N) is 3. The minimum atomic E-state index is 0.407. The molecule has 0 saturated carbocycles. The highest BCUT2D eigenvalue weighted by Crippen LogP contribution is 2.41. The van der Waals surface area contributed by atoms with Gasteiger partial charge in [0.1, 0.15) is 17.2 Å². The molecule has 0 spiro atoms. The minimum Gasteiger partial charge on any atom is -0.457 e. The van der Waals surface area contributed by atoms with Gasteiger partial charge in [-0.3, -0.25) is 0 Å². The van der Waals surface area contributed by atoms with Crippen LogP contribution in [0.2, 0.25) is 0 Å². The zero-order valence-electron chi connectivity index (χ0n) is 20.8. The van der Waals surface area contributed by atoms with Gasteiger partial charge in [0.25, 0.3) is 12.5 Å². The van der Waals surface area contributed by atoms with Crippen LogP contribution in [0.25, 0.3) is 43.4 Å². The van der Waals surface area contributed by atoms with Crippen molar-refractivity contribution in [2.45, 2.75) is 0 Å². The highest BCUT2D eigenvalue weighted by Gasteiger charge is 2.14. The lowest BCUT2D eigenvalue weighted by molar-refractivity contribution is 0.484. The van der Waals surface area contributed by atoms with Crippen molar-refractivity contribution in [3.63, 3.8) is 0 Å². The third kappa shape index (κ3) is 4.64. The summed E-state index contributed by atoms with van der Waals surface area (Å²) in [5.41, 5.74) is 2.07. The summed E-state index contributed by atoms with van der Waals surface area (Å²) < 4.78 is 16.6. The molecule has 0 unspecified atom stereocenters. The van der Waals surface area contributed by atoms with Crippen LogP contribution in [0.1, 0.15) is 0 Å². The first kappa shape index (κ1) is 24.2. The van der Waals surface area contributed by atoms with Gasteiger partial charge in [0.15, 0.2) is 5.75 Å². The Morgan fingerprint density at radius 3 is 1.98 bits per heavy atom. The molecule has 6 aromatic carbocycles. The Bertz CT molecular complexity index is 2080. The molecule has 0 fully saturated rings. The van der Waals surface area contributed by atoms with Crippen LogP contribution in [0, 0.1) is 23.0 Å². The van der Waals surface area contributed by atoms with Gasteiger partial charge in [-0.25, -0.2) is 4.79 Å². The Hall–Kier alpha value is -6.14. The van der Waals surface area contributed by atoms with Gasteiger partial charge >= 0.3 is 0 Å². The van der Waals surface area contributed by atoms with Crippen molar-refractivity contribution < 1.29 is 19.0 Å². The predicted molar refractivity (Wildman–Crippen MR) is 151 cm³/mol. The molecule has 6 aromatic rings. The summed E-state index contributed by atoms with van der Waals surface area (Å²) in [7, 11) is 0. The molecule has 0 aliphatic rings. The van der Waals surface area contributed by atoms with Crippen LogP contribution < -0.4 is 14.2 Å². The monoisotopic (exact) mass is 519 g/mol. The third-order valence-electron chi connectivity index (χ3n) is 6.58. The first-order chi connectivity index (χ1) is 19.6. The number of rotatable bonds is 6. The van der Waals surface area contributed by atoms with E-state index in [9.17, 15) is 10.1 Å². The first-order valence-corrected chi connectivity index (χ1v) is 12.2. The Morgan fingerprint density at radius 1 is 0.575 bits per heavy atom. The van der Waals surface area contributed by atoms with Crippen LogP contribution in [0.5, 0.6) is 23.0 Å². The van der Waals surface area contributed by atoms with Gasteiger partial charge in [0.2, 0.25) is 6.08 Å². The van der Waals surface area contributed by atoms with E-state index in [1.165, 1.54) is 0 Å². The van der Waals surface area contributed by atoms with Gasteiger partial charge in [0.05, 0.1) is 5.69 Å². The SMILES string of the molecule is N#COc1ccc2ccc(-c3c(OC#N)ccc4ccc(Oc5ccc6ccc(N=C=O)cc6c5)cc34)cc2c1. The number of aliphatic imine (C=N–C) groups is 1. The van der Waals surface area contributed by atoms with E-state index in [4.69, 9.17) is 19.5 Å². The highest BCUT2D eigenvalue weighted by molar-refractivity contribution is 6.02. The number of ether oxygens (including phenoxy) is 3.